The zero-order valence-corrected chi connectivity index (χ0v) is 13.0. The third-order valence-corrected chi connectivity index (χ3v) is 7.56. The monoisotopic (exact) mass is 372 g/mol. The van der Waals surface area contributed by atoms with E-state index in [0.29, 0.717) is 29.0 Å². The summed E-state index contributed by atoms with van der Waals surface area (Å²) in [6, 6.07) is 8.44. The Labute approximate surface area is 115 Å². The Hall–Kier alpha value is -0.631. The summed E-state index contributed by atoms with van der Waals surface area (Å²) in [6.07, 6.45) is 1.02. The Bertz CT molecular complexity index is 569. The molecule has 0 bridgehead atoms. The standard InChI is InChI=1S/C13H8OSSe2/c14-7-9-10(11-3-1-5-16-11)8-15-13(9)12-4-2-6-17-12/h1-8H. The van der Waals surface area contributed by atoms with Gasteiger partial charge < -0.3 is 0 Å². The number of carbonyl (C=O) groups is 1. The van der Waals surface area contributed by atoms with E-state index in [1.807, 2.05) is 0 Å². The second kappa shape index (κ2) is 4.93. The van der Waals surface area contributed by atoms with Crippen LogP contribution in [-0.2, 0) is 0 Å². The Morgan fingerprint density at radius 1 is 1.06 bits per heavy atom. The quantitative estimate of drug-likeness (QED) is 0.512. The van der Waals surface area contributed by atoms with Crippen LogP contribution < -0.4 is 0 Å². The number of carbonyl (C=O) groups excluding carboxylic acids is 1. The topological polar surface area (TPSA) is 17.1 Å². The molecule has 0 N–H and O–H groups in total. The van der Waals surface area contributed by atoms with Gasteiger partial charge in [0.25, 0.3) is 0 Å². The summed E-state index contributed by atoms with van der Waals surface area (Å²) in [5.74, 6) is 0. The summed E-state index contributed by atoms with van der Waals surface area (Å²) >= 11 is 2.49. The maximum absolute atomic E-state index is 11.3. The summed E-state index contributed by atoms with van der Waals surface area (Å²) in [5.41, 5.74) is 2.04. The van der Waals surface area contributed by atoms with Gasteiger partial charge in [-0.05, 0) is 0 Å². The van der Waals surface area contributed by atoms with Crippen molar-refractivity contribution in [2.45, 2.75) is 0 Å². The summed E-state index contributed by atoms with van der Waals surface area (Å²) in [4.78, 5) is 16.9. The first kappa shape index (κ1) is 11.5. The molecule has 3 heterocycles. The van der Waals surface area contributed by atoms with E-state index in [0.717, 1.165) is 17.4 Å². The van der Waals surface area contributed by atoms with Gasteiger partial charge in [-0.1, -0.05) is 0 Å². The molecule has 0 aromatic carbocycles. The van der Waals surface area contributed by atoms with E-state index < -0.39 is 0 Å². The molecule has 0 fully saturated rings. The van der Waals surface area contributed by atoms with Gasteiger partial charge in [0.15, 0.2) is 0 Å². The molecule has 0 aliphatic heterocycles. The number of rotatable bonds is 3. The first-order valence-electron chi connectivity index (χ1n) is 5.04. The van der Waals surface area contributed by atoms with Gasteiger partial charge in [-0.15, -0.1) is 0 Å². The van der Waals surface area contributed by atoms with Gasteiger partial charge in [0.1, 0.15) is 0 Å². The van der Waals surface area contributed by atoms with Gasteiger partial charge in [0.05, 0.1) is 0 Å². The molecule has 0 amide bonds. The predicted octanol–water partition coefficient (Wildman–Crippen LogP) is 3.01. The third kappa shape index (κ3) is 2.08. The van der Waals surface area contributed by atoms with E-state index in [4.69, 9.17) is 0 Å². The van der Waals surface area contributed by atoms with Crippen LogP contribution in [0.1, 0.15) is 10.4 Å². The van der Waals surface area contributed by atoms with Gasteiger partial charge in [-0.25, -0.2) is 0 Å². The Balaban J connectivity index is 2.17. The van der Waals surface area contributed by atoms with Crippen molar-refractivity contribution in [2.75, 3.05) is 0 Å². The van der Waals surface area contributed by atoms with Crippen molar-refractivity contribution in [3.8, 4) is 19.3 Å². The third-order valence-electron chi connectivity index (χ3n) is 2.48. The number of thiophene rings is 1. The maximum atomic E-state index is 11.3. The van der Waals surface area contributed by atoms with Crippen LogP contribution in [0.5, 0.6) is 0 Å². The Morgan fingerprint density at radius 3 is 2.35 bits per heavy atom. The van der Waals surface area contributed by atoms with Crippen molar-refractivity contribution in [2.24, 2.45) is 0 Å². The number of hydrogen-bond donors (Lipinski definition) is 0. The zero-order chi connectivity index (χ0) is 11.7. The van der Waals surface area contributed by atoms with Crippen LogP contribution in [-0.4, -0.2) is 35.3 Å². The van der Waals surface area contributed by atoms with Gasteiger partial charge in [0.2, 0.25) is 0 Å². The fraction of sp³-hybridized carbons (Fsp3) is 0. The summed E-state index contributed by atoms with van der Waals surface area (Å²) in [5, 5.41) is 2.13. The van der Waals surface area contributed by atoms with Crippen molar-refractivity contribution in [1.82, 2.24) is 0 Å². The summed E-state index contributed by atoms with van der Waals surface area (Å²) in [7, 11) is 0. The molecule has 3 aromatic heterocycles. The van der Waals surface area contributed by atoms with Crippen molar-refractivity contribution >= 4 is 46.6 Å². The van der Waals surface area contributed by atoms with Crippen molar-refractivity contribution < 1.29 is 4.79 Å². The SMILES string of the molecule is O=Cc1c(-c2ccc[se]2)csc1-c1ccc[se]1. The van der Waals surface area contributed by atoms with Crippen LogP contribution in [0, 0.1) is 0 Å². The molecule has 1 nitrogen and oxygen atoms in total. The molecule has 0 aliphatic carbocycles. The first-order valence-corrected chi connectivity index (χ1v) is 9.61. The molecular formula is C13H8OSSe2. The minimum absolute atomic E-state index is 0.392. The van der Waals surface area contributed by atoms with E-state index in [1.54, 1.807) is 11.3 Å². The van der Waals surface area contributed by atoms with Crippen LogP contribution in [0.2, 0.25) is 0 Å². The van der Waals surface area contributed by atoms with E-state index >= 15 is 0 Å². The molecule has 3 aromatic rings. The molecule has 3 rings (SSSR count). The molecule has 0 radical (unpaired) electrons. The fourth-order valence-corrected chi connectivity index (χ4v) is 6.40. The number of hydrogen-bond acceptors (Lipinski definition) is 2. The van der Waals surface area contributed by atoms with Gasteiger partial charge in [0, 0.05) is 0 Å². The molecule has 0 saturated carbocycles. The Kier molecular flexibility index (Phi) is 3.32. The average molecular weight is 370 g/mol. The van der Waals surface area contributed by atoms with E-state index in [9.17, 15) is 4.79 Å². The first-order chi connectivity index (χ1) is 8.40. The van der Waals surface area contributed by atoms with Crippen molar-refractivity contribution in [1.29, 1.82) is 0 Å². The van der Waals surface area contributed by atoms with Crippen molar-refractivity contribution in [3.63, 3.8) is 0 Å². The van der Waals surface area contributed by atoms with Crippen LogP contribution in [0.3, 0.4) is 0 Å². The van der Waals surface area contributed by atoms with Crippen molar-refractivity contribution in [3.05, 3.63) is 45.1 Å². The average Bonchev–Trinajstić information content (AvgIpc) is 3.09. The van der Waals surface area contributed by atoms with Gasteiger partial charge >= 0.3 is 116 Å². The Morgan fingerprint density at radius 2 is 1.76 bits per heavy atom. The molecular weight excluding hydrogens is 362 g/mol. The summed E-state index contributed by atoms with van der Waals surface area (Å²) in [6.45, 7) is 0. The predicted molar refractivity (Wildman–Crippen MR) is 74.5 cm³/mol. The van der Waals surface area contributed by atoms with Gasteiger partial charge in [-0.2, -0.15) is 0 Å². The molecule has 84 valence electrons. The molecule has 0 spiro atoms. The number of aldehydes is 1. The molecule has 0 saturated heterocycles. The van der Waals surface area contributed by atoms with Gasteiger partial charge in [-0.3, -0.25) is 0 Å². The second-order valence-corrected chi connectivity index (χ2v) is 8.32. The summed E-state index contributed by atoms with van der Waals surface area (Å²) < 4.78 is 2.65. The van der Waals surface area contributed by atoms with E-state index in [-0.39, 0.29) is 0 Å². The molecule has 17 heavy (non-hydrogen) atoms. The van der Waals surface area contributed by atoms with Crippen LogP contribution in [0.4, 0.5) is 0 Å². The molecule has 0 aliphatic rings. The fourth-order valence-electron chi connectivity index (χ4n) is 1.71. The van der Waals surface area contributed by atoms with E-state index in [1.165, 1.54) is 13.8 Å². The van der Waals surface area contributed by atoms with Crippen LogP contribution in [0.25, 0.3) is 19.3 Å². The minimum atomic E-state index is 0.392. The van der Waals surface area contributed by atoms with Crippen LogP contribution >= 0.6 is 11.3 Å². The molecule has 4 heteroatoms. The molecule has 0 unspecified atom stereocenters. The zero-order valence-electron chi connectivity index (χ0n) is 8.75. The van der Waals surface area contributed by atoms with Crippen LogP contribution in [0.15, 0.2) is 39.5 Å². The second-order valence-electron chi connectivity index (χ2n) is 3.46. The van der Waals surface area contributed by atoms with E-state index in [2.05, 4.69) is 39.5 Å². The molecule has 0 atom stereocenters. The normalized spacial score (nSPS) is 10.6.